The van der Waals surface area contributed by atoms with Gasteiger partial charge >= 0.3 is 6.03 Å². The van der Waals surface area contributed by atoms with E-state index < -0.39 is 6.10 Å². The number of carbonyl (C=O) groups excluding carboxylic acids is 1. The van der Waals surface area contributed by atoms with Crippen molar-refractivity contribution in [1.29, 1.82) is 0 Å². The van der Waals surface area contributed by atoms with Gasteiger partial charge in [0.15, 0.2) is 11.5 Å². The third-order valence-corrected chi connectivity index (χ3v) is 5.21. The van der Waals surface area contributed by atoms with Crippen LogP contribution < -0.4 is 20.1 Å². The van der Waals surface area contributed by atoms with E-state index in [1.165, 1.54) is 0 Å². The molecule has 1 aromatic heterocycles. The van der Waals surface area contributed by atoms with Crippen molar-refractivity contribution in [1.82, 2.24) is 10.6 Å². The summed E-state index contributed by atoms with van der Waals surface area (Å²) < 4.78 is 11.6. The fraction of sp³-hybridized carbons (Fsp3) is 0.250. The van der Waals surface area contributed by atoms with Gasteiger partial charge in [0.25, 0.3) is 0 Å². The number of hydrogen-bond donors (Lipinski definition) is 3. The van der Waals surface area contributed by atoms with Crippen LogP contribution in [-0.2, 0) is 6.54 Å². The molecule has 0 radical (unpaired) electrons. The Balaban J connectivity index is 1.52. The number of amides is 2. The zero-order valence-corrected chi connectivity index (χ0v) is 16.0. The summed E-state index contributed by atoms with van der Waals surface area (Å²) in [6.45, 7) is 0.474. The van der Waals surface area contributed by atoms with Crippen molar-refractivity contribution in [3.05, 3.63) is 59.0 Å². The van der Waals surface area contributed by atoms with Crippen LogP contribution >= 0.6 is 11.3 Å². The minimum absolute atomic E-state index is 0.137. The van der Waals surface area contributed by atoms with Gasteiger partial charge in [-0.1, -0.05) is 24.3 Å². The number of urea groups is 1. The monoisotopic (exact) mass is 386 g/mol. The van der Waals surface area contributed by atoms with E-state index in [4.69, 9.17) is 9.47 Å². The van der Waals surface area contributed by atoms with Gasteiger partial charge < -0.3 is 25.2 Å². The summed E-state index contributed by atoms with van der Waals surface area (Å²) in [6.07, 6.45) is -0.756. The minimum Gasteiger partial charge on any atom is -0.493 e. The van der Waals surface area contributed by atoms with E-state index in [-0.39, 0.29) is 12.6 Å². The summed E-state index contributed by atoms with van der Waals surface area (Å²) >= 11 is 1.58. The molecule has 7 heteroatoms. The molecule has 0 aliphatic rings. The lowest BCUT2D eigenvalue weighted by Gasteiger charge is -2.13. The topological polar surface area (TPSA) is 79.8 Å². The van der Waals surface area contributed by atoms with E-state index in [0.717, 1.165) is 21.2 Å². The van der Waals surface area contributed by atoms with Crippen LogP contribution in [0.3, 0.4) is 0 Å². The van der Waals surface area contributed by atoms with Crippen molar-refractivity contribution >= 4 is 27.5 Å². The Labute approximate surface area is 161 Å². The smallest absolute Gasteiger partial charge is 0.315 e. The molecular weight excluding hydrogens is 364 g/mol. The first kappa shape index (κ1) is 19.0. The number of fused-ring (bicyclic) bond motifs is 1. The zero-order valence-electron chi connectivity index (χ0n) is 15.2. The number of aliphatic hydroxyl groups is 1. The number of hydrogen-bond acceptors (Lipinski definition) is 5. The van der Waals surface area contributed by atoms with Crippen molar-refractivity contribution in [2.45, 2.75) is 12.6 Å². The Hall–Kier alpha value is -2.77. The summed E-state index contributed by atoms with van der Waals surface area (Å²) in [6, 6.07) is 13.0. The van der Waals surface area contributed by atoms with Gasteiger partial charge in [-0.15, -0.1) is 11.3 Å². The summed E-state index contributed by atoms with van der Waals surface area (Å²) in [5.41, 5.74) is 1.71. The number of ether oxygens (including phenoxy) is 2. The number of thiophene rings is 1. The largest absolute Gasteiger partial charge is 0.493 e. The van der Waals surface area contributed by atoms with Crippen LogP contribution in [0.2, 0.25) is 0 Å². The SMILES string of the molecule is COc1ccc(CNC(=O)NC[C@H](O)c2csc3ccccc23)cc1OC. The van der Waals surface area contributed by atoms with Crippen LogP contribution in [-0.4, -0.2) is 31.9 Å². The Morgan fingerprint density at radius 3 is 2.67 bits per heavy atom. The van der Waals surface area contributed by atoms with Gasteiger partial charge in [0, 0.05) is 23.4 Å². The number of methoxy groups -OCH3 is 2. The van der Waals surface area contributed by atoms with Crippen molar-refractivity contribution in [2.24, 2.45) is 0 Å². The molecule has 0 saturated heterocycles. The standard InChI is InChI=1S/C20H22N2O4S/c1-25-17-8-7-13(9-18(17)26-2)10-21-20(24)22-11-16(23)15-12-27-19-6-4-3-5-14(15)19/h3-9,12,16,23H,10-11H2,1-2H3,(H2,21,22,24)/t16-/m0/s1. The van der Waals surface area contributed by atoms with Gasteiger partial charge in [0.05, 0.1) is 20.3 Å². The maximum atomic E-state index is 12.0. The van der Waals surface area contributed by atoms with Crippen LogP contribution in [0.1, 0.15) is 17.2 Å². The second-order valence-corrected chi connectivity index (χ2v) is 6.87. The van der Waals surface area contributed by atoms with E-state index in [0.29, 0.717) is 18.0 Å². The van der Waals surface area contributed by atoms with Crippen LogP contribution in [0.4, 0.5) is 4.79 Å². The summed E-state index contributed by atoms with van der Waals surface area (Å²) in [7, 11) is 3.14. The van der Waals surface area contributed by atoms with E-state index >= 15 is 0 Å². The highest BCUT2D eigenvalue weighted by molar-refractivity contribution is 7.17. The fourth-order valence-electron chi connectivity index (χ4n) is 2.79. The molecule has 3 N–H and O–H groups in total. The molecule has 27 heavy (non-hydrogen) atoms. The molecular formula is C20H22N2O4S. The molecule has 2 amide bonds. The van der Waals surface area contributed by atoms with E-state index in [1.807, 2.05) is 41.8 Å². The second-order valence-electron chi connectivity index (χ2n) is 5.96. The molecule has 0 aliphatic carbocycles. The Kier molecular flexibility index (Phi) is 6.16. The van der Waals surface area contributed by atoms with Gasteiger partial charge in [-0.3, -0.25) is 0 Å². The first-order valence-electron chi connectivity index (χ1n) is 8.49. The first-order chi connectivity index (χ1) is 13.1. The maximum Gasteiger partial charge on any atom is 0.315 e. The molecule has 142 valence electrons. The molecule has 0 bridgehead atoms. The van der Waals surface area contributed by atoms with Crippen LogP contribution in [0, 0.1) is 0 Å². The Morgan fingerprint density at radius 1 is 1.11 bits per heavy atom. The summed E-state index contributed by atoms with van der Waals surface area (Å²) in [5.74, 6) is 1.24. The number of nitrogens with one attached hydrogen (secondary N) is 2. The lowest BCUT2D eigenvalue weighted by molar-refractivity contribution is 0.174. The molecule has 0 spiro atoms. The second kappa shape index (κ2) is 8.75. The summed E-state index contributed by atoms with van der Waals surface area (Å²) in [5, 5.41) is 18.8. The van der Waals surface area contributed by atoms with Crippen molar-refractivity contribution in [2.75, 3.05) is 20.8 Å². The highest BCUT2D eigenvalue weighted by Gasteiger charge is 2.14. The Morgan fingerprint density at radius 2 is 1.89 bits per heavy atom. The lowest BCUT2D eigenvalue weighted by atomic mass is 10.1. The number of rotatable bonds is 7. The number of benzene rings is 2. The molecule has 6 nitrogen and oxygen atoms in total. The van der Waals surface area contributed by atoms with E-state index in [9.17, 15) is 9.90 Å². The van der Waals surface area contributed by atoms with Gasteiger partial charge in [-0.25, -0.2) is 4.79 Å². The Bertz CT molecular complexity index is 925. The molecule has 3 rings (SSSR count). The van der Waals surface area contributed by atoms with Gasteiger partial charge in [-0.2, -0.15) is 0 Å². The third-order valence-electron chi connectivity index (χ3n) is 4.23. The third kappa shape index (κ3) is 4.50. The molecule has 3 aromatic rings. The number of aliphatic hydroxyl groups excluding tert-OH is 1. The van der Waals surface area contributed by atoms with Crippen molar-refractivity contribution < 1.29 is 19.4 Å². The van der Waals surface area contributed by atoms with Crippen LogP contribution in [0.5, 0.6) is 11.5 Å². The highest BCUT2D eigenvalue weighted by atomic mass is 32.1. The van der Waals surface area contributed by atoms with Crippen molar-refractivity contribution in [3.63, 3.8) is 0 Å². The highest BCUT2D eigenvalue weighted by Crippen LogP contribution is 2.30. The van der Waals surface area contributed by atoms with Gasteiger partial charge in [0.1, 0.15) is 0 Å². The fourth-order valence-corrected chi connectivity index (χ4v) is 3.80. The van der Waals surface area contributed by atoms with E-state index in [2.05, 4.69) is 10.6 Å². The van der Waals surface area contributed by atoms with Crippen LogP contribution in [0.25, 0.3) is 10.1 Å². The molecule has 1 atom stereocenters. The van der Waals surface area contributed by atoms with Crippen molar-refractivity contribution in [3.8, 4) is 11.5 Å². The maximum absolute atomic E-state index is 12.0. The van der Waals surface area contributed by atoms with Crippen LogP contribution in [0.15, 0.2) is 47.8 Å². The predicted octanol–water partition coefficient (Wildman–Crippen LogP) is 3.45. The predicted molar refractivity (Wildman–Crippen MR) is 107 cm³/mol. The molecule has 1 heterocycles. The molecule has 0 aliphatic heterocycles. The van der Waals surface area contributed by atoms with Gasteiger partial charge in [0.2, 0.25) is 0 Å². The quantitative estimate of drug-likeness (QED) is 0.581. The average molecular weight is 386 g/mol. The average Bonchev–Trinajstić information content (AvgIpc) is 3.14. The minimum atomic E-state index is -0.756. The molecule has 2 aromatic carbocycles. The summed E-state index contributed by atoms with van der Waals surface area (Å²) in [4.78, 5) is 12.0. The number of carbonyl (C=O) groups is 1. The molecule has 0 fully saturated rings. The normalized spacial score (nSPS) is 11.8. The molecule has 0 saturated carbocycles. The van der Waals surface area contributed by atoms with Gasteiger partial charge in [-0.05, 0) is 34.5 Å². The zero-order chi connectivity index (χ0) is 19.2. The first-order valence-corrected chi connectivity index (χ1v) is 9.37. The van der Waals surface area contributed by atoms with E-state index in [1.54, 1.807) is 31.6 Å². The lowest BCUT2D eigenvalue weighted by Crippen LogP contribution is -2.37. The molecule has 0 unspecified atom stereocenters.